The van der Waals surface area contributed by atoms with Crippen LogP contribution in [0.15, 0.2) is 53.8 Å². The van der Waals surface area contributed by atoms with Crippen molar-refractivity contribution in [1.29, 1.82) is 0 Å². The first-order chi connectivity index (χ1) is 12.7. The molecule has 1 aromatic heterocycles. The molecule has 1 aromatic carbocycles. The predicted molar refractivity (Wildman–Crippen MR) is 105 cm³/mol. The van der Waals surface area contributed by atoms with Crippen LogP contribution in [0.1, 0.15) is 6.42 Å². The van der Waals surface area contributed by atoms with Crippen molar-refractivity contribution in [3.63, 3.8) is 0 Å². The number of rotatable bonds is 3. The molecule has 134 valence electrons. The highest BCUT2D eigenvalue weighted by Gasteiger charge is 2.44. The Balaban J connectivity index is 1.32. The summed E-state index contributed by atoms with van der Waals surface area (Å²) in [7, 11) is 0. The minimum absolute atomic E-state index is 0.152. The Labute approximate surface area is 153 Å². The molecule has 2 aromatic rings. The lowest BCUT2D eigenvalue weighted by Gasteiger charge is -2.51. The molecule has 3 N–H and O–H groups in total. The van der Waals surface area contributed by atoms with Crippen molar-refractivity contribution in [2.75, 3.05) is 31.1 Å². The van der Waals surface area contributed by atoms with Crippen LogP contribution in [0.3, 0.4) is 0 Å². The smallest absolute Gasteiger partial charge is 0.129 e. The van der Waals surface area contributed by atoms with Gasteiger partial charge in [-0.15, -0.1) is 0 Å². The first-order valence-electron chi connectivity index (χ1n) is 9.31. The highest BCUT2D eigenvalue weighted by Crippen LogP contribution is 2.30. The number of benzene rings is 1. The molecule has 4 heterocycles. The normalized spacial score (nSPS) is 28.7. The molecule has 6 heteroatoms. The summed E-state index contributed by atoms with van der Waals surface area (Å²) in [5, 5.41) is 4.58. The molecular weight excluding hydrogens is 324 g/mol. The zero-order valence-corrected chi connectivity index (χ0v) is 14.8. The highest BCUT2D eigenvalue weighted by molar-refractivity contribution is 5.80. The van der Waals surface area contributed by atoms with Crippen molar-refractivity contribution in [3.8, 4) is 0 Å². The fraction of sp³-hybridized carbons (Fsp3) is 0.400. The Kier molecular flexibility index (Phi) is 3.69. The van der Waals surface area contributed by atoms with Gasteiger partial charge in [-0.1, -0.05) is 18.2 Å². The number of aromatic nitrogens is 1. The molecule has 3 aliphatic rings. The van der Waals surface area contributed by atoms with Gasteiger partial charge in [-0.3, -0.25) is 4.99 Å². The summed E-state index contributed by atoms with van der Waals surface area (Å²) >= 11 is 0. The second kappa shape index (κ2) is 6.07. The molecule has 26 heavy (non-hydrogen) atoms. The third-order valence-electron chi connectivity index (χ3n) is 5.88. The summed E-state index contributed by atoms with van der Waals surface area (Å²) in [6.07, 6.45) is 6.98. The number of nitrogens with two attached hydrogens (primary N) is 1. The SMILES string of the molecule is NC1(C2C=NC=CN2C2CN(c3ccc4ccccc4n3)C2)CCNC1. The molecule has 0 spiro atoms. The van der Waals surface area contributed by atoms with E-state index in [9.17, 15) is 0 Å². The van der Waals surface area contributed by atoms with E-state index in [0.717, 1.165) is 43.9 Å². The van der Waals surface area contributed by atoms with Crippen LogP contribution in [0.25, 0.3) is 10.9 Å². The minimum Gasteiger partial charge on any atom is -0.360 e. The summed E-state index contributed by atoms with van der Waals surface area (Å²) in [6, 6.07) is 13.1. The van der Waals surface area contributed by atoms with E-state index in [4.69, 9.17) is 10.7 Å². The second-order valence-corrected chi connectivity index (χ2v) is 7.57. The molecule has 0 aliphatic carbocycles. The van der Waals surface area contributed by atoms with Gasteiger partial charge < -0.3 is 20.9 Å². The summed E-state index contributed by atoms with van der Waals surface area (Å²) in [6.45, 7) is 3.75. The fourth-order valence-corrected chi connectivity index (χ4v) is 4.26. The van der Waals surface area contributed by atoms with E-state index in [0.29, 0.717) is 6.04 Å². The fourth-order valence-electron chi connectivity index (χ4n) is 4.26. The average molecular weight is 348 g/mol. The number of hydrogen-bond acceptors (Lipinski definition) is 6. The van der Waals surface area contributed by atoms with Crippen molar-refractivity contribution < 1.29 is 0 Å². The van der Waals surface area contributed by atoms with Gasteiger partial charge in [0.05, 0.1) is 23.1 Å². The Hall–Kier alpha value is -2.44. The predicted octanol–water partition coefficient (Wildman–Crippen LogP) is 1.34. The number of pyridine rings is 1. The third-order valence-corrected chi connectivity index (χ3v) is 5.88. The van der Waals surface area contributed by atoms with Gasteiger partial charge in [-0.25, -0.2) is 4.98 Å². The van der Waals surface area contributed by atoms with Crippen LogP contribution in [0.5, 0.6) is 0 Å². The van der Waals surface area contributed by atoms with Crippen molar-refractivity contribution in [2.24, 2.45) is 10.7 Å². The Bertz CT molecular complexity index is 863. The van der Waals surface area contributed by atoms with Crippen LogP contribution in [0, 0.1) is 0 Å². The number of fused-ring (bicyclic) bond motifs is 1. The largest absolute Gasteiger partial charge is 0.360 e. The van der Waals surface area contributed by atoms with Crippen LogP contribution < -0.4 is 16.0 Å². The molecule has 2 unspecified atom stereocenters. The van der Waals surface area contributed by atoms with Gasteiger partial charge >= 0.3 is 0 Å². The quantitative estimate of drug-likeness (QED) is 0.876. The van der Waals surface area contributed by atoms with E-state index in [2.05, 4.69) is 50.6 Å². The Morgan fingerprint density at radius 2 is 2.04 bits per heavy atom. The minimum atomic E-state index is -0.240. The van der Waals surface area contributed by atoms with Crippen molar-refractivity contribution in [3.05, 3.63) is 48.8 Å². The Morgan fingerprint density at radius 3 is 2.88 bits per heavy atom. The second-order valence-electron chi connectivity index (χ2n) is 7.57. The zero-order chi connectivity index (χ0) is 17.6. The van der Waals surface area contributed by atoms with Gasteiger partial charge in [-0.05, 0) is 31.2 Å². The number of nitrogens with zero attached hydrogens (tertiary/aromatic N) is 4. The summed E-state index contributed by atoms with van der Waals surface area (Å²) in [5.41, 5.74) is 7.50. The van der Waals surface area contributed by atoms with Crippen LogP contribution >= 0.6 is 0 Å². The van der Waals surface area contributed by atoms with Gasteiger partial charge in [0.1, 0.15) is 5.82 Å². The van der Waals surface area contributed by atoms with Crippen LogP contribution in [0.4, 0.5) is 5.82 Å². The maximum atomic E-state index is 6.69. The van der Waals surface area contributed by atoms with Crippen molar-refractivity contribution in [1.82, 2.24) is 15.2 Å². The van der Waals surface area contributed by atoms with E-state index >= 15 is 0 Å². The van der Waals surface area contributed by atoms with Crippen LogP contribution in [0.2, 0.25) is 0 Å². The van der Waals surface area contributed by atoms with Crippen LogP contribution in [-0.2, 0) is 0 Å². The molecule has 2 saturated heterocycles. The monoisotopic (exact) mass is 348 g/mol. The lowest BCUT2D eigenvalue weighted by Crippen LogP contribution is -2.68. The molecule has 2 atom stereocenters. The average Bonchev–Trinajstić information content (AvgIpc) is 3.08. The molecule has 3 aliphatic heterocycles. The number of nitrogens with one attached hydrogen (secondary N) is 1. The molecule has 5 rings (SSSR count). The van der Waals surface area contributed by atoms with Gasteiger partial charge in [-0.2, -0.15) is 0 Å². The van der Waals surface area contributed by atoms with E-state index in [1.54, 1.807) is 0 Å². The number of hydrogen-bond donors (Lipinski definition) is 2. The van der Waals surface area contributed by atoms with Crippen molar-refractivity contribution >= 4 is 22.9 Å². The lowest BCUT2D eigenvalue weighted by atomic mass is 9.87. The Morgan fingerprint density at radius 1 is 1.15 bits per heavy atom. The standard InChI is InChI=1S/C20H24N6/c21-20(7-8-23-14-20)18-11-22-9-10-26(18)16-12-25(13-16)19-6-5-15-3-1-2-4-17(15)24-19/h1-6,9-11,16,18,23H,7-8,12-14,21H2. The molecule has 0 radical (unpaired) electrons. The van der Waals surface area contributed by atoms with E-state index in [1.165, 1.54) is 5.39 Å². The van der Waals surface area contributed by atoms with Gasteiger partial charge in [0.15, 0.2) is 0 Å². The number of para-hydroxylation sites is 1. The molecule has 2 fully saturated rings. The van der Waals surface area contributed by atoms with E-state index in [-0.39, 0.29) is 11.6 Å². The zero-order valence-electron chi connectivity index (χ0n) is 14.8. The van der Waals surface area contributed by atoms with Gasteiger partial charge in [0, 0.05) is 43.6 Å². The van der Waals surface area contributed by atoms with Crippen LogP contribution in [-0.4, -0.2) is 59.9 Å². The van der Waals surface area contributed by atoms with Gasteiger partial charge in [0.25, 0.3) is 0 Å². The van der Waals surface area contributed by atoms with E-state index in [1.807, 2.05) is 24.5 Å². The van der Waals surface area contributed by atoms with E-state index < -0.39 is 0 Å². The molecule has 0 bridgehead atoms. The lowest BCUT2D eigenvalue weighted by molar-refractivity contribution is 0.157. The van der Waals surface area contributed by atoms with Crippen molar-refractivity contribution in [2.45, 2.75) is 24.0 Å². The first kappa shape index (κ1) is 15.8. The van der Waals surface area contributed by atoms with Gasteiger partial charge in [0.2, 0.25) is 0 Å². The topological polar surface area (TPSA) is 69.8 Å². The molecular formula is C20H24N6. The maximum absolute atomic E-state index is 6.69. The maximum Gasteiger partial charge on any atom is 0.129 e. The molecule has 0 saturated carbocycles. The molecule has 0 amide bonds. The number of anilines is 1. The third kappa shape index (κ3) is 2.57. The summed E-state index contributed by atoms with van der Waals surface area (Å²) in [4.78, 5) is 13.9. The molecule has 6 nitrogen and oxygen atoms in total. The highest BCUT2D eigenvalue weighted by atomic mass is 15.4. The number of aliphatic imine (C=N–C) groups is 1. The summed E-state index contributed by atoms with van der Waals surface area (Å²) < 4.78 is 0. The first-order valence-corrected chi connectivity index (χ1v) is 9.31. The summed E-state index contributed by atoms with van der Waals surface area (Å²) in [5.74, 6) is 1.05.